The fourth-order valence-electron chi connectivity index (χ4n) is 4.41. The Labute approximate surface area is 201 Å². The van der Waals surface area contributed by atoms with E-state index in [0.29, 0.717) is 53.2 Å². The molecule has 0 amide bonds. The van der Waals surface area contributed by atoms with Gasteiger partial charge in [-0.05, 0) is 43.7 Å². The molecule has 5 rings (SSSR count). The highest BCUT2D eigenvalue weighted by molar-refractivity contribution is 6.29. The number of aromatic nitrogens is 4. The minimum absolute atomic E-state index is 0.0822. The molecule has 0 atom stereocenters. The summed E-state index contributed by atoms with van der Waals surface area (Å²) in [5.41, 5.74) is 2.99. The van der Waals surface area contributed by atoms with Crippen molar-refractivity contribution in [1.82, 2.24) is 19.5 Å². The molecule has 0 radical (unpaired) electrons. The van der Waals surface area contributed by atoms with Gasteiger partial charge in [0, 0.05) is 38.4 Å². The van der Waals surface area contributed by atoms with Crippen molar-refractivity contribution in [3.05, 3.63) is 57.5 Å². The lowest BCUT2D eigenvalue weighted by Gasteiger charge is -2.34. The number of fused-ring (bicyclic) bond motifs is 1. The molecule has 3 aromatic rings. The number of halogens is 1. The van der Waals surface area contributed by atoms with Gasteiger partial charge in [-0.2, -0.15) is 5.26 Å². The van der Waals surface area contributed by atoms with Gasteiger partial charge in [-0.3, -0.25) is 14.8 Å². The highest BCUT2D eigenvalue weighted by Gasteiger charge is 2.30. The molecule has 1 saturated heterocycles. The first-order chi connectivity index (χ1) is 16.6. The molecular formula is C24H24ClN7O2. The van der Waals surface area contributed by atoms with Crippen LogP contribution in [0, 0.1) is 23.2 Å². The Balaban J connectivity index is 1.44. The molecule has 4 heterocycles. The molecule has 0 bridgehead atoms. The van der Waals surface area contributed by atoms with E-state index in [4.69, 9.17) is 16.4 Å². The van der Waals surface area contributed by atoms with E-state index in [-0.39, 0.29) is 17.0 Å². The Kier molecular flexibility index (Phi) is 6.16. The van der Waals surface area contributed by atoms with E-state index in [1.165, 1.54) is 17.4 Å². The van der Waals surface area contributed by atoms with Crippen LogP contribution in [0.1, 0.15) is 36.9 Å². The van der Waals surface area contributed by atoms with Crippen LogP contribution in [0.15, 0.2) is 40.7 Å². The first kappa shape index (κ1) is 22.3. The third-order valence-corrected chi connectivity index (χ3v) is 6.70. The lowest BCUT2D eigenvalue weighted by Crippen LogP contribution is -2.39. The Morgan fingerprint density at radius 2 is 2.06 bits per heavy atom. The highest BCUT2D eigenvalue weighted by atomic mass is 35.5. The number of nitriles is 1. The van der Waals surface area contributed by atoms with Crippen molar-refractivity contribution in [3.63, 3.8) is 0 Å². The molecule has 0 aromatic carbocycles. The smallest absolute Gasteiger partial charge is 0.270 e. The summed E-state index contributed by atoms with van der Waals surface area (Å²) >= 11 is 6.18. The number of pyridine rings is 2. The second kappa shape index (κ2) is 9.39. The summed E-state index contributed by atoms with van der Waals surface area (Å²) in [5, 5.41) is 14.6. The summed E-state index contributed by atoms with van der Waals surface area (Å²) in [7, 11) is 1.64. The molecule has 1 saturated carbocycles. The van der Waals surface area contributed by atoms with Gasteiger partial charge in [0.05, 0.1) is 17.4 Å². The van der Waals surface area contributed by atoms with E-state index < -0.39 is 0 Å². The van der Waals surface area contributed by atoms with Crippen molar-refractivity contribution in [2.75, 3.05) is 24.6 Å². The maximum Gasteiger partial charge on any atom is 0.270 e. The van der Waals surface area contributed by atoms with Crippen LogP contribution in [0.4, 0.5) is 5.69 Å². The monoisotopic (exact) mass is 477 g/mol. The van der Waals surface area contributed by atoms with E-state index in [9.17, 15) is 10.1 Å². The third-order valence-electron chi connectivity index (χ3n) is 6.49. The summed E-state index contributed by atoms with van der Waals surface area (Å²) in [6.07, 6.45) is 8.89. The minimum Gasteiger partial charge on any atom is -0.395 e. The van der Waals surface area contributed by atoms with Gasteiger partial charge in [0.2, 0.25) is 0 Å². The number of hydrogen-bond acceptors (Lipinski definition) is 8. The van der Waals surface area contributed by atoms with E-state index in [1.54, 1.807) is 37.8 Å². The lowest BCUT2D eigenvalue weighted by molar-refractivity contribution is 0.132. The van der Waals surface area contributed by atoms with Crippen molar-refractivity contribution in [2.45, 2.75) is 25.7 Å². The van der Waals surface area contributed by atoms with Crippen molar-refractivity contribution >= 4 is 34.0 Å². The zero-order valence-electron chi connectivity index (χ0n) is 18.8. The van der Waals surface area contributed by atoms with Crippen LogP contribution < -0.4 is 10.5 Å². The maximum absolute atomic E-state index is 12.9. The minimum atomic E-state index is -0.341. The lowest BCUT2D eigenvalue weighted by atomic mass is 9.90. The van der Waals surface area contributed by atoms with E-state index >= 15 is 0 Å². The predicted molar refractivity (Wildman–Crippen MR) is 129 cm³/mol. The molecule has 0 spiro atoms. The Morgan fingerprint density at radius 1 is 1.26 bits per heavy atom. The van der Waals surface area contributed by atoms with Gasteiger partial charge in [0.15, 0.2) is 0 Å². The van der Waals surface area contributed by atoms with Crippen LogP contribution in [0.25, 0.3) is 11.0 Å². The first-order valence-electron chi connectivity index (χ1n) is 11.4. The van der Waals surface area contributed by atoms with Gasteiger partial charge < -0.3 is 14.3 Å². The average molecular weight is 478 g/mol. The number of anilines is 1. The van der Waals surface area contributed by atoms with Gasteiger partial charge in [-0.25, -0.2) is 4.98 Å². The molecule has 174 valence electrons. The zero-order valence-corrected chi connectivity index (χ0v) is 19.6. The van der Waals surface area contributed by atoms with Crippen molar-refractivity contribution in [3.8, 4) is 6.07 Å². The van der Waals surface area contributed by atoms with Gasteiger partial charge in [0.1, 0.15) is 40.3 Å². The van der Waals surface area contributed by atoms with Gasteiger partial charge >= 0.3 is 0 Å². The highest BCUT2D eigenvalue weighted by Crippen LogP contribution is 2.33. The average Bonchev–Trinajstić information content (AvgIpc) is 3.69. The Bertz CT molecular complexity index is 1340. The zero-order chi connectivity index (χ0) is 23.7. The molecule has 1 aliphatic carbocycles. The van der Waals surface area contributed by atoms with Crippen LogP contribution >= 0.6 is 11.6 Å². The molecule has 3 aromatic heterocycles. The maximum atomic E-state index is 12.9. The predicted octanol–water partition coefficient (Wildman–Crippen LogP) is 3.30. The number of nitrogens with zero attached hydrogens (tertiary/aromatic N) is 7. The summed E-state index contributed by atoms with van der Waals surface area (Å²) in [4.78, 5) is 33.7. The van der Waals surface area contributed by atoms with E-state index in [0.717, 1.165) is 18.6 Å². The van der Waals surface area contributed by atoms with Crippen LogP contribution in [0.3, 0.4) is 0 Å². The van der Waals surface area contributed by atoms with Crippen molar-refractivity contribution < 1.29 is 4.84 Å². The molecule has 0 N–H and O–H groups in total. The normalized spacial score (nSPS) is 17.1. The van der Waals surface area contributed by atoms with Gasteiger partial charge in [0.25, 0.3) is 5.56 Å². The summed E-state index contributed by atoms with van der Waals surface area (Å²) in [6, 6.07) is 5.51. The molecule has 10 heteroatoms. The SMILES string of the molecule is Cn1c(=O)c(C#N)c(N2CCC(/C(=N\OCC3CC3)c3cnccn3)CC2)c2nc(Cl)ccc21. The second-order valence-corrected chi connectivity index (χ2v) is 9.16. The van der Waals surface area contributed by atoms with Crippen LogP contribution in [-0.2, 0) is 11.9 Å². The number of oxime groups is 1. The van der Waals surface area contributed by atoms with E-state index in [1.807, 2.05) is 0 Å². The standard InChI is InChI=1S/C24H24ClN7O2/c1-31-19-4-5-20(25)29-22(19)23(17(12-26)24(31)33)32-10-6-16(7-11-32)21(18-13-27-8-9-28-18)30-34-14-15-2-3-15/h4-5,8-9,13,15-16H,2-3,6-7,10-11,14H2,1H3/b30-21+. The summed E-state index contributed by atoms with van der Waals surface area (Å²) < 4.78 is 1.45. The molecule has 0 unspecified atom stereocenters. The van der Waals surface area contributed by atoms with E-state index in [2.05, 4.69) is 31.1 Å². The molecule has 2 aliphatic rings. The third kappa shape index (κ3) is 4.33. The molecule has 9 nitrogen and oxygen atoms in total. The quantitative estimate of drug-likeness (QED) is 0.304. The topological polar surface area (TPSA) is 109 Å². The molecule has 34 heavy (non-hydrogen) atoms. The molecule has 1 aliphatic heterocycles. The number of aryl methyl sites for hydroxylation is 1. The Morgan fingerprint density at radius 3 is 2.74 bits per heavy atom. The fourth-order valence-corrected chi connectivity index (χ4v) is 4.56. The molecule has 2 fully saturated rings. The van der Waals surface area contributed by atoms with Gasteiger partial charge in [-0.15, -0.1) is 0 Å². The molecular weight excluding hydrogens is 454 g/mol. The van der Waals surface area contributed by atoms with Crippen molar-refractivity contribution in [2.24, 2.45) is 24.0 Å². The van der Waals surface area contributed by atoms with Crippen LogP contribution in [0.2, 0.25) is 5.15 Å². The summed E-state index contributed by atoms with van der Waals surface area (Å²) in [5.74, 6) is 0.721. The number of piperidine rings is 1. The first-order valence-corrected chi connectivity index (χ1v) is 11.7. The van der Waals surface area contributed by atoms with Gasteiger partial charge in [-0.1, -0.05) is 16.8 Å². The second-order valence-electron chi connectivity index (χ2n) is 8.77. The van der Waals surface area contributed by atoms with Crippen LogP contribution in [0.5, 0.6) is 0 Å². The summed E-state index contributed by atoms with van der Waals surface area (Å²) in [6.45, 7) is 1.87. The van der Waals surface area contributed by atoms with Crippen LogP contribution in [-0.4, -0.2) is 44.9 Å². The number of hydrogen-bond donors (Lipinski definition) is 0. The largest absolute Gasteiger partial charge is 0.395 e. The van der Waals surface area contributed by atoms with Crippen molar-refractivity contribution in [1.29, 1.82) is 5.26 Å². The Hall–Kier alpha value is -3.51. The number of rotatable bonds is 6. The fraction of sp³-hybridized carbons (Fsp3) is 0.417.